The van der Waals surface area contributed by atoms with Crippen LogP contribution in [0.2, 0.25) is 0 Å². The quantitative estimate of drug-likeness (QED) is 0.565. The number of aryl methyl sites for hydroxylation is 1. The number of hydrazine groups is 1. The smallest absolute Gasteiger partial charge is 0.239 e. The summed E-state index contributed by atoms with van der Waals surface area (Å²) < 4.78 is 0. The Balaban J connectivity index is 2.02. The van der Waals surface area contributed by atoms with Crippen molar-refractivity contribution in [1.29, 1.82) is 0 Å². The molecule has 0 aliphatic carbocycles. The molecule has 0 aliphatic rings. The van der Waals surface area contributed by atoms with Crippen LogP contribution in [0.3, 0.4) is 0 Å². The first-order chi connectivity index (χ1) is 9.17. The lowest BCUT2D eigenvalue weighted by Crippen LogP contribution is -2.20. The lowest BCUT2D eigenvalue weighted by atomic mass is 10.1. The Labute approximate surface area is 113 Å². The number of hydrogen-bond acceptors (Lipinski definition) is 5. The number of nitrogen functional groups attached to an aromatic ring is 1. The third-order valence-corrected chi connectivity index (χ3v) is 2.76. The number of nitrogens with zero attached hydrogens (tertiary/aromatic N) is 2. The van der Waals surface area contributed by atoms with Crippen LogP contribution in [0.4, 0.5) is 11.8 Å². The SMILES string of the molecule is Cc1cc(NC(C)Cc2ccccc2)nc(NN)n1. The Morgan fingerprint density at radius 1 is 1.21 bits per heavy atom. The van der Waals surface area contributed by atoms with Gasteiger partial charge in [0, 0.05) is 17.8 Å². The standard InChI is InChI=1S/C14H19N5/c1-10(8-12-6-4-3-5-7-12)16-13-9-11(2)17-14(18-13)19-15/h3-7,9-10H,8,15H2,1-2H3,(H2,16,17,18,19). The highest BCUT2D eigenvalue weighted by molar-refractivity contribution is 5.42. The van der Waals surface area contributed by atoms with Crippen LogP contribution >= 0.6 is 0 Å². The summed E-state index contributed by atoms with van der Waals surface area (Å²) >= 11 is 0. The van der Waals surface area contributed by atoms with Gasteiger partial charge in [-0.05, 0) is 25.8 Å². The van der Waals surface area contributed by atoms with Crippen molar-refractivity contribution in [3.8, 4) is 0 Å². The summed E-state index contributed by atoms with van der Waals surface area (Å²) in [6.45, 7) is 4.04. The molecule has 5 heteroatoms. The van der Waals surface area contributed by atoms with Crippen molar-refractivity contribution in [1.82, 2.24) is 9.97 Å². The zero-order chi connectivity index (χ0) is 13.7. The van der Waals surface area contributed by atoms with E-state index in [0.29, 0.717) is 5.95 Å². The molecule has 2 rings (SSSR count). The van der Waals surface area contributed by atoms with E-state index in [-0.39, 0.29) is 6.04 Å². The largest absolute Gasteiger partial charge is 0.367 e. The first kappa shape index (κ1) is 13.3. The summed E-state index contributed by atoms with van der Waals surface area (Å²) in [5, 5.41) is 3.36. The van der Waals surface area contributed by atoms with Crippen LogP contribution in [-0.4, -0.2) is 16.0 Å². The molecule has 0 saturated heterocycles. The monoisotopic (exact) mass is 257 g/mol. The third-order valence-electron chi connectivity index (χ3n) is 2.76. The normalized spacial score (nSPS) is 11.9. The predicted molar refractivity (Wildman–Crippen MR) is 77.8 cm³/mol. The molecule has 0 fully saturated rings. The second-order valence-corrected chi connectivity index (χ2v) is 4.60. The minimum atomic E-state index is 0.280. The molecule has 0 saturated carbocycles. The topological polar surface area (TPSA) is 75.9 Å². The molecule has 2 aromatic rings. The lowest BCUT2D eigenvalue weighted by Gasteiger charge is -2.15. The van der Waals surface area contributed by atoms with E-state index in [1.165, 1.54) is 5.56 Å². The Morgan fingerprint density at radius 3 is 2.63 bits per heavy atom. The Kier molecular flexibility index (Phi) is 4.30. The van der Waals surface area contributed by atoms with Crippen LogP contribution in [0.5, 0.6) is 0 Å². The van der Waals surface area contributed by atoms with Gasteiger partial charge in [0.25, 0.3) is 0 Å². The van der Waals surface area contributed by atoms with Gasteiger partial charge in [0.1, 0.15) is 5.82 Å². The molecule has 1 atom stereocenters. The molecule has 5 nitrogen and oxygen atoms in total. The molecule has 0 radical (unpaired) electrons. The van der Waals surface area contributed by atoms with Gasteiger partial charge in [0.05, 0.1) is 0 Å². The van der Waals surface area contributed by atoms with Crippen LogP contribution < -0.4 is 16.6 Å². The maximum atomic E-state index is 5.34. The molecule has 0 bridgehead atoms. The molecular formula is C14H19N5. The molecule has 0 aliphatic heterocycles. The van der Waals surface area contributed by atoms with E-state index in [1.807, 2.05) is 31.2 Å². The Bertz CT molecular complexity index is 527. The highest BCUT2D eigenvalue weighted by Gasteiger charge is 2.06. The van der Waals surface area contributed by atoms with E-state index < -0.39 is 0 Å². The number of nitrogens with one attached hydrogen (secondary N) is 2. The summed E-state index contributed by atoms with van der Waals surface area (Å²) in [6.07, 6.45) is 0.940. The van der Waals surface area contributed by atoms with Crippen molar-refractivity contribution in [2.75, 3.05) is 10.7 Å². The predicted octanol–water partition coefficient (Wildman–Crippen LogP) is 2.11. The summed E-state index contributed by atoms with van der Waals surface area (Å²) in [6, 6.07) is 12.5. The fraction of sp³-hybridized carbons (Fsp3) is 0.286. The number of anilines is 2. The van der Waals surface area contributed by atoms with Crippen molar-refractivity contribution >= 4 is 11.8 Å². The molecular weight excluding hydrogens is 238 g/mol. The zero-order valence-corrected chi connectivity index (χ0v) is 11.2. The summed E-state index contributed by atoms with van der Waals surface area (Å²) in [4.78, 5) is 8.43. The lowest BCUT2D eigenvalue weighted by molar-refractivity contribution is 0.783. The Morgan fingerprint density at radius 2 is 1.95 bits per heavy atom. The summed E-state index contributed by atoms with van der Waals surface area (Å²) in [7, 11) is 0. The van der Waals surface area contributed by atoms with Gasteiger partial charge in [-0.1, -0.05) is 30.3 Å². The summed E-state index contributed by atoms with van der Waals surface area (Å²) in [5.74, 6) is 6.55. The highest BCUT2D eigenvalue weighted by Crippen LogP contribution is 2.12. The second kappa shape index (κ2) is 6.15. The molecule has 1 aromatic heterocycles. The molecule has 1 heterocycles. The number of rotatable bonds is 5. The number of nitrogens with two attached hydrogens (primary N) is 1. The van der Waals surface area contributed by atoms with Crippen molar-refractivity contribution in [2.45, 2.75) is 26.3 Å². The van der Waals surface area contributed by atoms with Gasteiger partial charge in [-0.3, -0.25) is 5.43 Å². The Hall–Kier alpha value is -2.14. The maximum Gasteiger partial charge on any atom is 0.239 e. The fourth-order valence-electron chi connectivity index (χ4n) is 1.98. The van der Waals surface area contributed by atoms with Gasteiger partial charge in [-0.2, -0.15) is 4.98 Å². The number of aromatic nitrogens is 2. The minimum absolute atomic E-state index is 0.280. The van der Waals surface area contributed by atoms with Gasteiger partial charge < -0.3 is 5.32 Å². The maximum absolute atomic E-state index is 5.34. The van der Waals surface area contributed by atoms with Gasteiger partial charge >= 0.3 is 0 Å². The molecule has 1 aromatic carbocycles. The van der Waals surface area contributed by atoms with E-state index in [9.17, 15) is 0 Å². The van der Waals surface area contributed by atoms with Crippen LogP contribution in [0.25, 0.3) is 0 Å². The molecule has 0 amide bonds. The van der Waals surface area contributed by atoms with Gasteiger partial charge in [-0.15, -0.1) is 0 Å². The summed E-state index contributed by atoms with van der Waals surface area (Å²) in [5.41, 5.74) is 4.64. The highest BCUT2D eigenvalue weighted by atomic mass is 15.3. The number of hydrogen-bond donors (Lipinski definition) is 3. The van der Waals surface area contributed by atoms with E-state index >= 15 is 0 Å². The van der Waals surface area contributed by atoms with Crippen molar-refractivity contribution in [3.05, 3.63) is 47.7 Å². The average molecular weight is 257 g/mol. The van der Waals surface area contributed by atoms with E-state index in [1.54, 1.807) is 0 Å². The van der Waals surface area contributed by atoms with Crippen LogP contribution in [0, 0.1) is 6.92 Å². The first-order valence-corrected chi connectivity index (χ1v) is 6.30. The van der Waals surface area contributed by atoms with E-state index in [2.05, 4.69) is 39.8 Å². The van der Waals surface area contributed by atoms with E-state index in [0.717, 1.165) is 17.9 Å². The van der Waals surface area contributed by atoms with Gasteiger partial charge in [0.15, 0.2) is 0 Å². The third kappa shape index (κ3) is 3.93. The first-order valence-electron chi connectivity index (χ1n) is 6.30. The second-order valence-electron chi connectivity index (χ2n) is 4.60. The van der Waals surface area contributed by atoms with Crippen molar-refractivity contribution < 1.29 is 0 Å². The average Bonchev–Trinajstić information content (AvgIpc) is 2.38. The minimum Gasteiger partial charge on any atom is -0.367 e. The van der Waals surface area contributed by atoms with Crippen LogP contribution in [0.1, 0.15) is 18.2 Å². The zero-order valence-electron chi connectivity index (χ0n) is 11.2. The number of benzene rings is 1. The molecule has 4 N–H and O–H groups in total. The fourth-order valence-corrected chi connectivity index (χ4v) is 1.98. The van der Waals surface area contributed by atoms with Gasteiger partial charge in [-0.25, -0.2) is 10.8 Å². The molecule has 100 valence electrons. The molecule has 1 unspecified atom stereocenters. The molecule has 0 spiro atoms. The van der Waals surface area contributed by atoms with Crippen LogP contribution in [-0.2, 0) is 6.42 Å². The van der Waals surface area contributed by atoms with Gasteiger partial charge in [0.2, 0.25) is 5.95 Å². The van der Waals surface area contributed by atoms with Crippen molar-refractivity contribution in [3.63, 3.8) is 0 Å². The van der Waals surface area contributed by atoms with E-state index in [4.69, 9.17) is 5.84 Å². The van der Waals surface area contributed by atoms with Crippen LogP contribution in [0.15, 0.2) is 36.4 Å². The van der Waals surface area contributed by atoms with Crippen molar-refractivity contribution in [2.24, 2.45) is 5.84 Å². The molecule has 19 heavy (non-hydrogen) atoms.